The van der Waals surface area contributed by atoms with Crippen LogP contribution in [0, 0.1) is 0 Å². The Morgan fingerprint density at radius 2 is 2.07 bits per heavy atom. The molecular formula is C9H9BClNO3. The van der Waals surface area contributed by atoms with Crippen molar-refractivity contribution in [2.24, 2.45) is 0 Å². The molecule has 3 N–H and O–H groups in total. The van der Waals surface area contributed by atoms with Gasteiger partial charge in [-0.05, 0) is 12.1 Å². The second-order valence-electron chi connectivity index (χ2n) is 3.17. The maximum Gasteiger partial charge on any atom is 0.505 e. The van der Waals surface area contributed by atoms with Crippen LogP contribution in [-0.4, -0.2) is 29.3 Å². The third kappa shape index (κ3) is 1.81. The smallest absolute Gasteiger partial charge is 0.497 e. The van der Waals surface area contributed by atoms with E-state index in [2.05, 4.69) is 4.98 Å². The summed E-state index contributed by atoms with van der Waals surface area (Å²) < 4.78 is 5.05. The Labute approximate surface area is 91.6 Å². The van der Waals surface area contributed by atoms with Crippen molar-refractivity contribution in [1.29, 1.82) is 0 Å². The molecule has 0 radical (unpaired) electrons. The number of ether oxygens (including phenoxy) is 1. The molecule has 4 nitrogen and oxygen atoms in total. The Morgan fingerprint density at radius 1 is 1.33 bits per heavy atom. The standard InChI is InChI=1S/C9H9BClNO3/c1-15-6-2-5-3-8(10(13)14)12-9(5)7(11)4-6/h2-4,12-14H,1H3. The average Bonchev–Trinajstić information content (AvgIpc) is 2.61. The van der Waals surface area contributed by atoms with Crippen molar-refractivity contribution < 1.29 is 14.8 Å². The Hall–Kier alpha value is -1.17. The van der Waals surface area contributed by atoms with Gasteiger partial charge in [-0.15, -0.1) is 0 Å². The van der Waals surface area contributed by atoms with Crippen LogP contribution < -0.4 is 10.3 Å². The molecule has 0 aliphatic carbocycles. The summed E-state index contributed by atoms with van der Waals surface area (Å²) in [6.45, 7) is 0. The molecular weight excluding hydrogens is 216 g/mol. The fourth-order valence-electron chi connectivity index (χ4n) is 1.45. The fraction of sp³-hybridized carbons (Fsp3) is 0.111. The first-order valence-corrected chi connectivity index (χ1v) is 4.72. The van der Waals surface area contributed by atoms with Crippen molar-refractivity contribution >= 4 is 35.2 Å². The van der Waals surface area contributed by atoms with E-state index in [9.17, 15) is 0 Å². The third-order valence-corrected chi connectivity index (χ3v) is 2.49. The predicted octanol–water partition coefficient (Wildman–Crippen LogP) is 0.510. The summed E-state index contributed by atoms with van der Waals surface area (Å²) in [6.07, 6.45) is 0. The van der Waals surface area contributed by atoms with Gasteiger partial charge in [-0.1, -0.05) is 11.6 Å². The Morgan fingerprint density at radius 3 is 2.67 bits per heavy atom. The Kier molecular flexibility index (Phi) is 2.60. The minimum Gasteiger partial charge on any atom is -0.497 e. The van der Waals surface area contributed by atoms with E-state index >= 15 is 0 Å². The van der Waals surface area contributed by atoms with E-state index in [4.69, 9.17) is 26.4 Å². The van der Waals surface area contributed by atoms with Crippen LogP contribution in [-0.2, 0) is 0 Å². The average molecular weight is 225 g/mol. The molecule has 0 saturated heterocycles. The summed E-state index contributed by atoms with van der Waals surface area (Å²) in [5.41, 5.74) is 0.973. The number of rotatable bonds is 2. The van der Waals surface area contributed by atoms with Gasteiger partial charge in [-0.25, -0.2) is 0 Å². The number of hydrogen-bond acceptors (Lipinski definition) is 3. The molecule has 2 rings (SSSR count). The van der Waals surface area contributed by atoms with Crippen LogP contribution in [0.1, 0.15) is 0 Å². The largest absolute Gasteiger partial charge is 0.505 e. The molecule has 0 amide bonds. The first-order chi connectivity index (χ1) is 7.11. The van der Waals surface area contributed by atoms with Crippen LogP contribution in [0.2, 0.25) is 5.02 Å². The van der Waals surface area contributed by atoms with E-state index in [1.807, 2.05) is 0 Å². The summed E-state index contributed by atoms with van der Waals surface area (Å²) in [5, 5.41) is 19.2. The lowest BCUT2D eigenvalue weighted by molar-refractivity contribution is 0.415. The summed E-state index contributed by atoms with van der Waals surface area (Å²) >= 11 is 5.98. The summed E-state index contributed by atoms with van der Waals surface area (Å²) in [6, 6.07) is 5.05. The molecule has 2 aromatic rings. The zero-order valence-electron chi connectivity index (χ0n) is 7.99. The van der Waals surface area contributed by atoms with Crippen molar-refractivity contribution in [3.05, 3.63) is 23.2 Å². The highest BCUT2D eigenvalue weighted by Crippen LogP contribution is 2.27. The molecule has 0 fully saturated rings. The maximum atomic E-state index is 8.99. The van der Waals surface area contributed by atoms with Gasteiger partial charge in [0.15, 0.2) is 0 Å². The van der Waals surface area contributed by atoms with E-state index in [0.29, 0.717) is 21.9 Å². The van der Waals surface area contributed by atoms with E-state index < -0.39 is 7.12 Å². The lowest BCUT2D eigenvalue weighted by atomic mass is 9.86. The second-order valence-corrected chi connectivity index (χ2v) is 3.58. The molecule has 78 valence electrons. The lowest BCUT2D eigenvalue weighted by Crippen LogP contribution is -2.30. The highest BCUT2D eigenvalue weighted by Gasteiger charge is 2.15. The molecule has 0 spiro atoms. The minimum atomic E-state index is -1.53. The SMILES string of the molecule is COc1cc(Cl)c2[nH]c(B(O)O)cc2c1. The Bertz CT molecular complexity index is 497. The van der Waals surface area contributed by atoms with Crippen LogP contribution in [0.4, 0.5) is 0 Å². The molecule has 0 atom stereocenters. The minimum absolute atomic E-state index is 0.306. The van der Waals surface area contributed by atoms with Gasteiger partial charge in [0.1, 0.15) is 5.75 Å². The van der Waals surface area contributed by atoms with Gasteiger partial charge < -0.3 is 19.8 Å². The quantitative estimate of drug-likeness (QED) is 0.653. The van der Waals surface area contributed by atoms with Gasteiger partial charge in [0.25, 0.3) is 0 Å². The van der Waals surface area contributed by atoms with Crippen molar-refractivity contribution in [2.75, 3.05) is 7.11 Å². The molecule has 0 bridgehead atoms. The number of aromatic amines is 1. The van der Waals surface area contributed by atoms with Crippen molar-refractivity contribution in [3.63, 3.8) is 0 Å². The molecule has 0 aliphatic rings. The maximum absolute atomic E-state index is 8.99. The topological polar surface area (TPSA) is 65.5 Å². The van der Waals surface area contributed by atoms with Crippen LogP contribution in [0.15, 0.2) is 18.2 Å². The van der Waals surface area contributed by atoms with Crippen molar-refractivity contribution in [3.8, 4) is 5.75 Å². The van der Waals surface area contributed by atoms with Crippen LogP contribution in [0.3, 0.4) is 0 Å². The van der Waals surface area contributed by atoms with E-state index in [-0.39, 0.29) is 0 Å². The molecule has 1 aromatic carbocycles. The molecule has 1 aromatic heterocycles. The van der Waals surface area contributed by atoms with E-state index in [1.165, 1.54) is 0 Å². The highest BCUT2D eigenvalue weighted by atomic mass is 35.5. The zero-order valence-corrected chi connectivity index (χ0v) is 8.75. The lowest BCUT2D eigenvalue weighted by Gasteiger charge is -2.00. The van der Waals surface area contributed by atoms with E-state index in [1.54, 1.807) is 25.3 Å². The first-order valence-electron chi connectivity index (χ1n) is 4.34. The van der Waals surface area contributed by atoms with Crippen LogP contribution in [0.5, 0.6) is 5.75 Å². The van der Waals surface area contributed by atoms with Crippen LogP contribution >= 0.6 is 11.6 Å². The van der Waals surface area contributed by atoms with Gasteiger partial charge in [0, 0.05) is 17.0 Å². The van der Waals surface area contributed by atoms with Gasteiger partial charge in [0.2, 0.25) is 0 Å². The molecule has 6 heteroatoms. The number of halogens is 1. The van der Waals surface area contributed by atoms with Gasteiger partial charge >= 0.3 is 7.12 Å². The summed E-state index contributed by atoms with van der Waals surface area (Å²) in [5.74, 6) is 0.630. The van der Waals surface area contributed by atoms with Gasteiger partial charge in [0.05, 0.1) is 17.6 Å². The third-order valence-electron chi connectivity index (χ3n) is 2.19. The summed E-state index contributed by atoms with van der Waals surface area (Å²) in [7, 11) is 0.0193. The number of benzene rings is 1. The van der Waals surface area contributed by atoms with Gasteiger partial charge in [-0.2, -0.15) is 0 Å². The van der Waals surface area contributed by atoms with E-state index in [0.717, 1.165) is 5.39 Å². The molecule has 0 saturated carbocycles. The molecule has 1 heterocycles. The number of H-pyrrole nitrogens is 1. The highest BCUT2D eigenvalue weighted by molar-refractivity contribution is 6.58. The molecule has 15 heavy (non-hydrogen) atoms. The van der Waals surface area contributed by atoms with Crippen molar-refractivity contribution in [1.82, 2.24) is 4.98 Å². The number of hydrogen-bond donors (Lipinski definition) is 3. The first kappa shape index (κ1) is 10.4. The number of nitrogens with one attached hydrogen (secondary N) is 1. The fourth-order valence-corrected chi connectivity index (χ4v) is 1.72. The number of aromatic nitrogens is 1. The van der Waals surface area contributed by atoms with Crippen molar-refractivity contribution in [2.45, 2.75) is 0 Å². The summed E-state index contributed by atoms with van der Waals surface area (Å²) in [4.78, 5) is 2.83. The number of fused-ring (bicyclic) bond motifs is 1. The van der Waals surface area contributed by atoms with Crippen LogP contribution in [0.25, 0.3) is 10.9 Å². The zero-order chi connectivity index (χ0) is 11.0. The Balaban J connectivity index is 2.64. The molecule has 0 aliphatic heterocycles. The second kappa shape index (κ2) is 3.77. The normalized spacial score (nSPS) is 10.7. The number of methoxy groups -OCH3 is 1. The molecule has 0 unspecified atom stereocenters. The van der Waals surface area contributed by atoms with Gasteiger partial charge in [-0.3, -0.25) is 0 Å². The predicted molar refractivity (Wildman–Crippen MR) is 59.7 cm³/mol. The monoisotopic (exact) mass is 225 g/mol.